The molecule has 2 rings (SSSR count). The second-order valence-corrected chi connectivity index (χ2v) is 6.72. The van der Waals surface area contributed by atoms with Gasteiger partial charge in [-0.1, -0.05) is 0 Å². The van der Waals surface area contributed by atoms with Gasteiger partial charge in [0.15, 0.2) is 0 Å². The maximum Gasteiger partial charge on any atom is 0.416 e. The van der Waals surface area contributed by atoms with Gasteiger partial charge in [0.05, 0.1) is 18.7 Å². The summed E-state index contributed by atoms with van der Waals surface area (Å²) in [5.41, 5.74) is -0.903. The van der Waals surface area contributed by atoms with Crippen molar-refractivity contribution >= 4 is 24.2 Å². The smallest absolute Gasteiger partial charge is 0.384 e. The van der Waals surface area contributed by atoms with E-state index in [-0.39, 0.29) is 35.8 Å². The van der Waals surface area contributed by atoms with Crippen LogP contribution in [0, 0.1) is 5.41 Å². The molecule has 1 fully saturated rings. The lowest BCUT2D eigenvalue weighted by atomic mass is 9.79. The van der Waals surface area contributed by atoms with E-state index >= 15 is 0 Å². The highest BCUT2D eigenvalue weighted by atomic mass is 35.5. The molecule has 0 spiro atoms. The topological polar surface area (TPSA) is 79.5 Å². The highest BCUT2D eigenvalue weighted by Crippen LogP contribution is 2.29. The van der Waals surface area contributed by atoms with Gasteiger partial charge in [-0.3, -0.25) is 9.59 Å². The molecule has 28 heavy (non-hydrogen) atoms. The van der Waals surface area contributed by atoms with Crippen molar-refractivity contribution in [3.05, 3.63) is 35.4 Å². The third-order valence-corrected chi connectivity index (χ3v) is 4.66. The van der Waals surface area contributed by atoms with Crippen LogP contribution < -0.4 is 16.0 Å². The van der Waals surface area contributed by atoms with Crippen molar-refractivity contribution in [3.8, 4) is 0 Å². The summed E-state index contributed by atoms with van der Waals surface area (Å²) in [4.78, 5) is 24.0. The first-order chi connectivity index (χ1) is 12.8. The van der Waals surface area contributed by atoms with Crippen LogP contribution in [0.5, 0.6) is 0 Å². The van der Waals surface area contributed by atoms with Gasteiger partial charge in [-0.2, -0.15) is 13.2 Å². The maximum atomic E-state index is 12.5. The molecule has 2 amide bonds. The molecule has 1 aliphatic rings. The fourth-order valence-electron chi connectivity index (χ4n) is 3.06. The van der Waals surface area contributed by atoms with Gasteiger partial charge in [-0.25, -0.2) is 0 Å². The Hall–Kier alpha value is -1.84. The van der Waals surface area contributed by atoms with Gasteiger partial charge in [0.2, 0.25) is 5.91 Å². The molecule has 0 unspecified atom stereocenters. The number of benzene rings is 1. The number of carbonyl (C=O) groups excluding carboxylic acids is 2. The van der Waals surface area contributed by atoms with Gasteiger partial charge < -0.3 is 20.7 Å². The summed E-state index contributed by atoms with van der Waals surface area (Å²) in [7, 11) is 1.62. The van der Waals surface area contributed by atoms with Gasteiger partial charge in [0.25, 0.3) is 5.91 Å². The van der Waals surface area contributed by atoms with E-state index in [0.29, 0.717) is 13.2 Å². The van der Waals surface area contributed by atoms with Gasteiger partial charge in [0, 0.05) is 24.6 Å². The number of hydrogen-bond donors (Lipinski definition) is 3. The highest BCUT2D eigenvalue weighted by molar-refractivity contribution is 5.96. The molecule has 1 heterocycles. The van der Waals surface area contributed by atoms with Gasteiger partial charge in [-0.05, 0) is 50.2 Å². The number of piperidine rings is 1. The van der Waals surface area contributed by atoms with Crippen LogP contribution in [0.3, 0.4) is 0 Å². The molecule has 0 saturated carbocycles. The van der Waals surface area contributed by atoms with Crippen molar-refractivity contribution in [2.75, 3.05) is 39.9 Å². The zero-order chi connectivity index (χ0) is 19.9. The quantitative estimate of drug-likeness (QED) is 0.626. The molecular weight excluding hydrogens is 399 g/mol. The minimum Gasteiger partial charge on any atom is -0.384 e. The van der Waals surface area contributed by atoms with E-state index < -0.39 is 17.6 Å². The number of ether oxygens (including phenoxy) is 1. The molecule has 0 atom stereocenters. The summed E-state index contributed by atoms with van der Waals surface area (Å²) in [6, 6.07) is 3.83. The fraction of sp³-hybridized carbons (Fsp3) is 0.556. The van der Waals surface area contributed by atoms with Crippen LogP contribution in [-0.4, -0.2) is 51.7 Å². The normalized spacial score (nSPS) is 16.0. The molecule has 0 radical (unpaired) electrons. The van der Waals surface area contributed by atoms with Crippen LogP contribution in [0.2, 0.25) is 0 Å². The monoisotopic (exact) mass is 423 g/mol. The van der Waals surface area contributed by atoms with Crippen LogP contribution in [0.25, 0.3) is 0 Å². The van der Waals surface area contributed by atoms with Crippen LogP contribution in [0.4, 0.5) is 13.2 Å². The Morgan fingerprint density at radius 3 is 2.29 bits per heavy atom. The molecule has 158 valence electrons. The molecule has 0 aliphatic carbocycles. The molecule has 0 bridgehead atoms. The van der Waals surface area contributed by atoms with Gasteiger partial charge >= 0.3 is 6.18 Å². The zero-order valence-electron chi connectivity index (χ0n) is 15.5. The summed E-state index contributed by atoms with van der Waals surface area (Å²) >= 11 is 0. The number of nitrogens with one attached hydrogen (secondary N) is 3. The van der Waals surface area contributed by atoms with Gasteiger partial charge in [0.1, 0.15) is 0 Å². The Labute approximate surface area is 168 Å². The lowest BCUT2D eigenvalue weighted by Crippen LogP contribution is -2.48. The summed E-state index contributed by atoms with van der Waals surface area (Å²) in [5, 5.41) is 8.48. The molecule has 1 aliphatic heterocycles. The van der Waals surface area contributed by atoms with Gasteiger partial charge in [-0.15, -0.1) is 12.4 Å². The van der Waals surface area contributed by atoms with Crippen molar-refractivity contribution in [2.24, 2.45) is 5.41 Å². The Morgan fingerprint density at radius 1 is 1.14 bits per heavy atom. The predicted molar refractivity (Wildman–Crippen MR) is 100 cm³/mol. The first-order valence-corrected chi connectivity index (χ1v) is 8.68. The van der Waals surface area contributed by atoms with Crippen LogP contribution in [0.15, 0.2) is 24.3 Å². The second kappa shape index (κ2) is 10.6. The van der Waals surface area contributed by atoms with E-state index in [1.165, 1.54) is 0 Å². The molecule has 6 nitrogen and oxygen atoms in total. The Balaban J connectivity index is 0.00000392. The Morgan fingerprint density at radius 2 is 1.75 bits per heavy atom. The maximum absolute atomic E-state index is 12.5. The van der Waals surface area contributed by atoms with E-state index in [2.05, 4.69) is 16.0 Å². The summed E-state index contributed by atoms with van der Waals surface area (Å²) in [6.45, 7) is 2.43. The van der Waals surface area contributed by atoms with E-state index in [4.69, 9.17) is 4.74 Å². The predicted octanol–water partition coefficient (Wildman–Crippen LogP) is 1.99. The van der Waals surface area contributed by atoms with E-state index in [0.717, 1.165) is 50.2 Å². The molecule has 3 N–H and O–H groups in total. The van der Waals surface area contributed by atoms with E-state index in [9.17, 15) is 22.8 Å². The number of alkyl halides is 3. The molecule has 1 saturated heterocycles. The third-order valence-electron chi connectivity index (χ3n) is 4.66. The van der Waals surface area contributed by atoms with Crippen molar-refractivity contribution in [1.82, 2.24) is 16.0 Å². The lowest BCUT2D eigenvalue weighted by molar-refractivity contribution is -0.137. The number of rotatable bonds is 7. The standard InChI is InChI=1S/C18H24F3N3O3.ClH/c1-27-12-17(6-8-22-9-7-17)11-24-15(25)10-23-16(26)13-2-4-14(5-3-13)18(19,20)21;/h2-5,22H,6-12H2,1H3,(H,23,26)(H,24,25);1H. The average molecular weight is 424 g/mol. The molecule has 1 aromatic carbocycles. The highest BCUT2D eigenvalue weighted by Gasteiger charge is 2.32. The number of amides is 2. The zero-order valence-corrected chi connectivity index (χ0v) is 16.3. The van der Waals surface area contributed by atoms with Crippen molar-refractivity contribution < 1.29 is 27.5 Å². The lowest BCUT2D eigenvalue weighted by Gasteiger charge is -2.37. The number of halogens is 4. The van der Waals surface area contributed by atoms with Crippen molar-refractivity contribution in [3.63, 3.8) is 0 Å². The molecular formula is C18H25ClF3N3O3. The minimum atomic E-state index is -4.46. The summed E-state index contributed by atoms with van der Waals surface area (Å²) < 4.78 is 42.9. The van der Waals surface area contributed by atoms with Crippen LogP contribution >= 0.6 is 12.4 Å². The van der Waals surface area contributed by atoms with E-state index in [1.807, 2.05) is 0 Å². The van der Waals surface area contributed by atoms with Crippen LogP contribution in [-0.2, 0) is 15.7 Å². The third kappa shape index (κ3) is 6.96. The number of hydrogen-bond acceptors (Lipinski definition) is 4. The SMILES string of the molecule is COCC1(CNC(=O)CNC(=O)c2ccc(C(F)(F)F)cc2)CCNCC1.Cl. The van der Waals surface area contributed by atoms with Crippen molar-refractivity contribution in [1.29, 1.82) is 0 Å². The number of carbonyl (C=O) groups is 2. The molecule has 10 heteroatoms. The first kappa shape index (κ1) is 24.2. The summed E-state index contributed by atoms with van der Waals surface area (Å²) in [6.07, 6.45) is -2.71. The Kier molecular flexibility index (Phi) is 9.19. The first-order valence-electron chi connectivity index (χ1n) is 8.68. The van der Waals surface area contributed by atoms with Crippen molar-refractivity contribution in [2.45, 2.75) is 19.0 Å². The Bertz CT molecular complexity index is 642. The van der Waals surface area contributed by atoms with E-state index in [1.54, 1.807) is 7.11 Å². The molecule has 1 aromatic rings. The second-order valence-electron chi connectivity index (χ2n) is 6.72. The largest absolute Gasteiger partial charge is 0.416 e. The minimum absolute atomic E-state index is 0. The summed E-state index contributed by atoms with van der Waals surface area (Å²) in [5.74, 6) is -0.961. The number of methoxy groups -OCH3 is 1. The van der Waals surface area contributed by atoms with Crippen LogP contribution in [0.1, 0.15) is 28.8 Å². The fourth-order valence-corrected chi connectivity index (χ4v) is 3.06. The molecule has 0 aromatic heterocycles. The average Bonchev–Trinajstić information content (AvgIpc) is 2.65.